The van der Waals surface area contributed by atoms with Gasteiger partial charge in [0.05, 0.1) is 17.1 Å². The molecule has 1 aromatic heterocycles. The molecule has 0 amide bonds. The topological polar surface area (TPSA) is 119 Å². The minimum Gasteiger partial charge on any atom is -0.462 e. The van der Waals surface area contributed by atoms with Crippen LogP contribution in [0.15, 0.2) is 48.8 Å². The lowest BCUT2D eigenvalue weighted by Crippen LogP contribution is -2.07. The summed E-state index contributed by atoms with van der Waals surface area (Å²) in [6.45, 7) is 3.84. The van der Waals surface area contributed by atoms with Crippen LogP contribution in [0.25, 0.3) is 0 Å². The summed E-state index contributed by atoms with van der Waals surface area (Å²) in [7, 11) is 0. The Hall–Kier alpha value is -3.72. The SMILES string of the molecule is CCOC(=O)c1ccc(Nc2ncnc(Nc3cc(Cl)ccc3C)c2[N+](=O)[O-])cc1. The highest BCUT2D eigenvalue weighted by molar-refractivity contribution is 6.30. The molecule has 0 fully saturated rings. The lowest BCUT2D eigenvalue weighted by Gasteiger charge is -2.12. The molecule has 0 aliphatic rings. The average Bonchev–Trinajstić information content (AvgIpc) is 2.71. The second-order valence-corrected chi connectivity index (χ2v) is 6.62. The quantitative estimate of drug-likeness (QED) is 0.306. The van der Waals surface area contributed by atoms with E-state index in [4.69, 9.17) is 16.3 Å². The van der Waals surface area contributed by atoms with Crippen molar-refractivity contribution in [3.05, 3.63) is 75.1 Å². The number of esters is 1. The normalized spacial score (nSPS) is 10.4. The number of rotatable bonds is 7. The van der Waals surface area contributed by atoms with E-state index < -0.39 is 10.9 Å². The zero-order valence-corrected chi connectivity index (χ0v) is 16.9. The Morgan fingerprint density at radius 2 is 1.80 bits per heavy atom. The van der Waals surface area contributed by atoms with Crippen LogP contribution in [-0.4, -0.2) is 27.5 Å². The molecule has 1 heterocycles. The Morgan fingerprint density at radius 3 is 2.43 bits per heavy atom. The van der Waals surface area contributed by atoms with Gasteiger partial charge in [-0.25, -0.2) is 14.8 Å². The van der Waals surface area contributed by atoms with Crippen molar-refractivity contribution in [3.8, 4) is 0 Å². The summed E-state index contributed by atoms with van der Waals surface area (Å²) >= 11 is 6.03. The van der Waals surface area contributed by atoms with E-state index in [1.54, 1.807) is 49.4 Å². The molecule has 0 bridgehead atoms. The Balaban J connectivity index is 1.90. The van der Waals surface area contributed by atoms with E-state index in [0.717, 1.165) is 5.56 Å². The third-order valence-electron chi connectivity index (χ3n) is 4.12. The van der Waals surface area contributed by atoms with Crippen LogP contribution >= 0.6 is 11.6 Å². The van der Waals surface area contributed by atoms with E-state index in [1.165, 1.54) is 6.33 Å². The second-order valence-electron chi connectivity index (χ2n) is 6.18. The number of nitro groups is 1. The van der Waals surface area contributed by atoms with Gasteiger partial charge in [0.15, 0.2) is 0 Å². The lowest BCUT2D eigenvalue weighted by atomic mass is 10.2. The molecule has 0 radical (unpaired) electrons. The summed E-state index contributed by atoms with van der Waals surface area (Å²) in [5.74, 6) is -0.424. The van der Waals surface area contributed by atoms with Crippen LogP contribution in [0.1, 0.15) is 22.8 Å². The van der Waals surface area contributed by atoms with Gasteiger partial charge in [-0.05, 0) is 55.8 Å². The maximum Gasteiger partial charge on any atom is 0.353 e. The summed E-state index contributed by atoms with van der Waals surface area (Å²) < 4.78 is 4.94. The number of anilines is 4. The molecule has 154 valence electrons. The minimum atomic E-state index is -0.572. The number of hydrogen-bond acceptors (Lipinski definition) is 8. The van der Waals surface area contributed by atoms with E-state index in [1.807, 2.05) is 6.92 Å². The van der Waals surface area contributed by atoms with Gasteiger partial charge in [-0.2, -0.15) is 0 Å². The van der Waals surface area contributed by atoms with Crippen LogP contribution in [-0.2, 0) is 4.74 Å². The number of nitrogens with zero attached hydrogens (tertiary/aromatic N) is 3. The van der Waals surface area contributed by atoms with Gasteiger partial charge in [-0.1, -0.05) is 17.7 Å². The van der Waals surface area contributed by atoms with E-state index in [2.05, 4.69) is 20.6 Å². The molecule has 0 atom stereocenters. The molecule has 30 heavy (non-hydrogen) atoms. The van der Waals surface area contributed by atoms with Gasteiger partial charge in [-0.3, -0.25) is 10.1 Å². The number of carbonyl (C=O) groups excluding carboxylic acids is 1. The molecular formula is C20H18ClN5O4. The molecule has 0 saturated heterocycles. The van der Waals surface area contributed by atoms with Crippen molar-refractivity contribution in [2.45, 2.75) is 13.8 Å². The highest BCUT2D eigenvalue weighted by atomic mass is 35.5. The zero-order valence-electron chi connectivity index (χ0n) is 16.2. The number of benzene rings is 2. The highest BCUT2D eigenvalue weighted by Crippen LogP contribution is 2.34. The van der Waals surface area contributed by atoms with Gasteiger partial charge in [0, 0.05) is 16.4 Å². The van der Waals surface area contributed by atoms with Crippen molar-refractivity contribution in [3.63, 3.8) is 0 Å². The number of carbonyl (C=O) groups is 1. The van der Waals surface area contributed by atoms with E-state index in [0.29, 0.717) is 22.0 Å². The maximum absolute atomic E-state index is 11.8. The monoisotopic (exact) mass is 427 g/mol. The van der Waals surface area contributed by atoms with Crippen molar-refractivity contribution in [2.24, 2.45) is 0 Å². The number of aromatic nitrogens is 2. The van der Waals surface area contributed by atoms with Gasteiger partial charge < -0.3 is 15.4 Å². The molecule has 0 spiro atoms. The summed E-state index contributed by atoms with van der Waals surface area (Å²) in [4.78, 5) is 31.0. The fourth-order valence-corrected chi connectivity index (χ4v) is 2.80. The Kier molecular flexibility index (Phi) is 6.43. The standard InChI is InChI=1S/C20H18ClN5O4/c1-3-30-20(27)13-5-8-15(9-6-13)24-18-17(26(28)29)19(23-11-22-18)25-16-10-14(21)7-4-12(16)2/h4-11H,3H2,1-2H3,(H2,22,23,24,25). The molecule has 0 unspecified atom stereocenters. The lowest BCUT2D eigenvalue weighted by molar-refractivity contribution is -0.383. The third kappa shape index (κ3) is 4.81. The summed E-state index contributed by atoms with van der Waals surface area (Å²) in [5, 5.41) is 18.1. The summed E-state index contributed by atoms with van der Waals surface area (Å²) in [5.41, 5.74) is 1.99. The molecule has 3 aromatic rings. The highest BCUT2D eigenvalue weighted by Gasteiger charge is 2.24. The van der Waals surface area contributed by atoms with Crippen LogP contribution in [0.4, 0.5) is 28.7 Å². The van der Waals surface area contributed by atoms with Crippen LogP contribution in [0.3, 0.4) is 0 Å². The number of ether oxygens (including phenoxy) is 1. The number of aryl methyl sites for hydroxylation is 1. The fourth-order valence-electron chi connectivity index (χ4n) is 2.63. The average molecular weight is 428 g/mol. The third-order valence-corrected chi connectivity index (χ3v) is 4.35. The molecule has 0 aliphatic heterocycles. The van der Waals surface area contributed by atoms with E-state index in [-0.39, 0.29) is 23.9 Å². The first-order valence-electron chi connectivity index (χ1n) is 8.95. The van der Waals surface area contributed by atoms with Crippen molar-refractivity contribution >= 4 is 46.3 Å². The predicted molar refractivity (Wildman–Crippen MR) is 114 cm³/mol. The molecule has 3 rings (SSSR count). The Morgan fingerprint density at radius 1 is 1.13 bits per heavy atom. The van der Waals surface area contributed by atoms with Gasteiger partial charge in [0.2, 0.25) is 11.6 Å². The van der Waals surface area contributed by atoms with Crippen LogP contribution in [0.2, 0.25) is 5.02 Å². The van der Waals surface area contributed by atoms with Crippen molar-refractivity contribution in [1.82, 2.24) is 9.97 Å². The van der Waals surface area contributed by atoms with Gasteiger partial charge >= 0.3 is 11.7 Å². The predicted octanol–water partition coefficient (Wildman–Crippen LogP) is 5.01. The smallest absolute Gasteiger partial charge is 0.353 e. The zero-order chi connectivity index (χ0) is 21.7. The second kappa shape index (κ2) is 9.19. The molecule has 0 aliphatic carbocycles. The number of hydrogen-bond donors (Lipinski definition) is 2. The molecule has 2 aromatic carbocycles. The molecule has 0 saturated carbocycles. The Bertz CT molecular complexity index is 1090. The summed E-state index contributed by atoms with van der Waals surface area (Å²) in [6, 6.07) is 11.5. The Labute approximate surface area is 177 Å². The largest absolute Gasteiger partial charge is 0.462 e. The van der Waals surface area contributed by atoms with Gasteiger partial charge in [0.25, 0.3) is 0 Å². The van der Waals surface area contributed by atoms with Crippen LogP contribution in [0, 0.1) is 17.0 Å². The molecule has 2 N–H and O–H groups in total. The van der Waals surface area contributed by atoms with Crippen molar-refractivity contribution in [2.75, 3.05) is 17.2 Å². The maximum atomic E-state index is 11.8. The van der Waals surface area contributed by atoms with E-state index in [9.17, 15) is 14.9 Å². The number of halogens is 1. The van der Waals surface area contributed by atoms with Crippen LogP contribution in [0.5, 0.6) is 0 Å². The van der Waals surface area contributed by atoms with Gasteiger partial charge in [-0.15, -0.1) is 0 Å². The first kappa shape index (κ1) is 21.0. The van der Waals surface area contributed by atoms with Crippen LogP contribution < -0.4 is 10.6 Å². The fraction of sp³-hybridized carbons (Fsp3) is 0.150. The van der Waals surface area contributed by atoms with Gasteiger partial charge in [0.1, 0.15) is 6.33 Å². The first-order chi connectivity index (χ1) is 14.4. The minimum absolute atomic E-state index is 0.000987. The van der Waals surface area contributed by atoms with E-state index >= 15 is 0 Å². The van der Waals surface area contributed by atoms with Crippen molar-refractivity contribution in [1.29, 1.82) is 0 Å². The first-order valence-corrected chi connectivity index (χ1v) is 9.33. The summed E-state index contributed by atoms with van der Waals surface area (Å²) in [6.07, 6.45) is 1.21. The molecular weight excluding hydrogens is 410 g/mol. The molecule has 9 nitrogen and oxygen atoms in total. The molecule has 10 heteroatoms. The number of nitrogens with one attached hydrogen (secondary N) is 2. The van der Waals surface area contributed by atoms with Crippen molar-refractivity contribution < 1.29 is 14.5 Å².